The first-order valence-electron chi connectivity index (χ1n) is 6.91. The molecule has 0 aromatic carbocycles. The normalized spacial score (nSPS) is 16.8. The van der Waals surface area contributed by atoms with Gasteiger partial charge in [-0.1, -0.05) is 5.16 Å². The van der Waals surface area contributed by atoms with Crippen LogP contribution >= 0.6 is 0 Å². The summed E-state index contributed by atoms with van der Waals surface area (Å²) in [4.78, 5) is 6.84. The third-order valence-corrected chi connectivity index (χ3v) is 3.77. The molecule has 0 unspecified atom stereocenters. The van der Waals surface area contributed by atoms with Crippen molar-refractivity contribution in [1.29, 1.82) is 0 Å². The summed E-state index contributed by atoms with van der Waals surface area (Å²) in [5.41, 5.74) is 2.91. The Hall–Kier alpha value is -1.73. The average Bonchev–Trinajstić information content (AvgIpc) is 2.97. The molecule has 0 amide bonds. The van der Waals surface area contributed by atoms with Crippen LogP contribution in [0.2, 0.25) is 0 Å². The minimum atomic E-state index is 0.568. The summed E-state index contributed by atoms with van der Waals surface area (Å²) in [6, 6.07) is 0. The van der Waals surface area contributed by atoms with Crippen LogP contribution in [0, 0.1) is 13.8 Å². The van der Waals surface area contributed by atoms with Crippen molar-refractivity contribution in [2.45, 2.75) is 20.4 Å². The van der Waals surface area contributed by atoms with Gasteiger partial charge in [-0.3, -0.25) is 9.58 Å². The summed E-state index contributed by atoms with van der Waals surface area (Å²) in [6.45, 7) is 8.79. The second kappa shape index (κ2) is 5.34. The van der Waals surface area contributed by atoms with E-state index >= 15 is 0 Å². The van der Waals surface area contributed by atoms with Crippen LogP contribution in [0.3, 0.4) is 0 Å². The van der Waals surface area contributed by atoms with Crippen LogP contribution in [0.25, 0.3) is 11.5 Å². The highest BCUT2D eigenvalue weighted by molar-refractivity contribution is 5.59. The number of nitrogens with zero attached hydrogens (tertiary/aromatic N) is 5. The molecule has 7 heteroatoms. The lowest BCUT2D eigenvalue weighted by Gasteiger charge is -2.25. The van der Waals surface area contributed by atoms with Crippen LogP contribution in [0.4, 0.5) is 0 Å². The van der Waals surface area contributed by atoms with Gasteiger partial charge in [0, 0.05) is 38.9 Å². The van der Waals surface area contributed by atoms with Crippen LogP contribution in [-0.4, -0.2) is 51.0 Å². The fraction of sp³-hybridized carbons (Fsp3) is 0.615. The molecular weight excluding hydrogens is 256 g/mol. The quantitative estimate of drug-likeness (QED) is 0.880. The van der Waals surface area contributed by atoms with Crippen molar-refractivity contribution < 1.29 is 4.52 Å². The zero-order valence-electron chi connectivity index (χ0n) is 12.2. The van der Waals surface area contributed by atoms with Gasteiger partial charge in [0.25, 0.3) is 5.89 Å². The molecule has 0 radical (unpaired) electrons. The highest BCUT2D eigenvalue weighted by Gasteiger charge is 2.19. The van der Waals surface area contributed by atoms with Crippen LogP contribution < -0.4 is 5.32 Å². The zero-order valence-corrected chi connectivity index (χ0v) is 12.2. The molecule has 1 aliphatic rings. The van der Waals surface area contributed by atoms with E-state index in [1.54, 1.807) is 0 Å². The number of aryl methyl sites for hydroxylation is 2. The number of hydrogen-bond acceptors (Lipinski definition) is 6. The van der Waals surface area contributed by atoms with Crippen LogP contribution in [0.5, 0.6) is 0 Å². The number of hydrogen-bond donors (Lipinski definition) is 1. The fourth-order valence-electron chi connectivity index (χ4n) is 2.57. The van der Waals surface area contributed by atoms with Crippen molar-refractivity contribution in [1.82, 2.24) is 30.1 Å². The number of piperazine rings is 1. The van der Waals surface area contributed by atoms with Crippen molar-refractivity contribution >= 4 is 0 Å². The zero-order chi connectivity index (χ0) is 14.1. The van der Waals surface area contributed by atoms with Crippen molar-refractivity contribution in [2.24, 2.45) is 7.05 Å². The molecule has 1 N–H and O–H groups in total. The van der Waals surface area contributed by atoms with Gasteiger partial charge in [0.15, 0.2) is 5.82 Å². The Labute approximate surface area is 118 Å². The molecule has 2 aromatic heterocycles. The Morgan fingerprint density at radius 1 is 1.25 bits per heavy atom. The van der Waals surface area contributed by atoms with Gasteiger partial charge in [0.1, 0.15) is 0 Å². The van der Waals surface area contributed by atoms with Crippen LogP contribution in [0.1, 0.15) is 17.2 Å². The fourth-order valence-corrected chi connectivity index (χ4v) is 2.57. The molecule has 0 aliphatic carbocycles. The summed E-state index contributed by atoms with van der Waals surface area (Å²) in [5, 5.41) is 11.8. The molecule has 1 saturated heterocycles. The standard InChI is InChI=1S/C13H20N6O/c1-9-12(10(2)18(3)16-9)13-15-11(17-20-13)8-19-6-4-14-5-7-19/h14H,4-8H2,1-3H3. The van der Waals surface area contributed by atoms with Crippen LogP contribution in [0.15, 0.2) is 4.52 Å². The summed E-state index contributed by atoms with van der Waals surface area (Å²) in [6.07, 6.45) is 0. The van der Waals surface area contributed by atoms with Crippen molar-refractivity contribution in [3.8, 4) is 11.5 Å². The molecule has 0 spiro atoms. The summed E-state index contributed by atoms with van der Waals surface area (Å²) < 4.78 is 7.25. The second-order valence-electron chi connectivity index (χ2n) is 5.21. The molecule has 108 valence electrons. The third-order valence-electron chi connectivity index (χ3n) is 3.77. The van der Waals surface area contributed by atoms with E-state index < -0.39 is 0 Å². The molecule has 20 heavy (non-hydrogen) atoms. The SMILES string of the molecule is Cc1nn(C)c(C)c1-c1nc(CN2CCNCC2)no1. The summed E-state index contributed by atoms with van der Waals surface area (Å²) >= 11 is 0. The predicted molar refractivity (Wildman–Crippen MR) is 74.1 cm³/mol. The lowest BCUT2D eigenvalue weighted by Crippen LogP contribution is -2.43. The minimum absolute atomic E-state index is 0.568. The molecule has 3 heterocycles. The Morgan fingerprint density at radius 2 is 2.00 bits per heavy atom. The monoisotopic (exact) mass is 276 g/mol. The van der Waals surface area contributed by atoms with Crippen molar-refractivity contribution in [3.63, 3.8) is 0 Å². The highest BCUT2D eigenvalue weighted by atomic mass is 16.5. The van der Waals surface area contributed by atoms with E-state index in [4.69, 9.17) is 4.52 Å². The van der Waals surface area contributed by atoms with E-state index in [9.17, 15) is 0 Å². The van der Waals surface area contributed by atoms with Gasteiger partial charge in [-0.05, 0) is 13.8 Å². The number of aromatic nitrogens is 4. The van der Waals surface area contributed by atoms with E-state index in [-0.39, 0.29) is 0 Å². The van der Waals surface area contributed by atoms with Crippen LogP contribution in [-0.2, 0) is 13.6 Å². The Morgan fingerprint density at radius 3 is 2.65 bits per heavy atom. The average molecular weight is 276 g/mol. The van der Waals surface area contributed by atoms with Gasteiger partial charge < -0.3 is 9.84 Å². The first kappa shape index (κ1) is 13.3. The number of nitrogens with one attached hydrogen (secondary N) is 1. The summed E-state index contributed by atoms with van der Waals surface area (Å²) in [7, 11) is 1.92. The second-order valence-corrected chi connectivity index (χ2v) is 5.21. The molecule has 7 nitrogen and oxygen atoms in total. The Kier molecular flexibility index (Phi) is 3.54. The molecule has 3 rings (SSSR count). The van der Waals surface area contributed by atoms with Gasteiger partial charge in [0.05, 0.1) is 17.8 Å². The smallest absolute Gasteiger partial charge is 0.261 e. The molecular formula is C13H20N6O. The maximum atomic E-state index is 5.41. The molecule has 1 aliphatic heterocycles. The third kappa shape index (κ3) is 2.46. The van der Waals surface area contributed by atoms with Crippen molar-refractivity contribution in [2.75, 3.05) is 26.2 Å². The minimum Gasteiger partial charge on any atom is -0.334 e. The first-order chi connectivity index (χ1) is 9.65. The van der Waals surface area contributed by atoms with Gasteiger partial charge in [-0.15, -0.1) is 0 Å². The van der Waals surface area contributed by atoms with E-state index in [1.807, 2.05) is 25.6 Å². The van der Waals surface area contributed by atoms with Gasteiger partial charge in [-0.25, -0.2) is 0 Å². The summed E-state index contributed by atoms with van der Waals surface area (Å²) in [5.74, 6) is 1.31. The van der Waals surface area contributed by atoms with E-state index in [1.165, 1.54) is 0 Å². The highest BCUT2D eigenvalue weighted by Crippen LogP contribution is 2.24. The van der Waals surface area contributed by atoms with Gasteiger partial charge >= 0.3 is 0 Å². The maximum Gasteiger partial charge on any atom is 0.261 e. The van der Waals surface area contributed by atoms with Gasteiger partial charge in [-0.2, -0.15) is 10.1 Å². The largest absolute Gasteiger partial charge is 0.334 e. The van der Waals surface area contributed by atoms with E-state index in [2.05, 4.69) is 25.5 Å². The molecule has 1 fully saturated rings. The Bertz CT molecular complexity index is 596. The lowest BCUT2D eigenvalue weighted by atomic mass is 10.2. The topological polar surface area (TPSA) is 72.0 Å². The van der Waals surface area contributed by atoms with Gasteiger partial charge in [0.2, 0.25) is 0 Å². The molecule has 2 aromatic rings. The Balaban J connectivity index is 1.79. The first-order valence-corrected chi connectivity index (χ1v) is 6.91. The number of rotatable bonds is 3. The lowest BCUT2D eigenvalue weighted by molar-refractivity contribution is 0.225. The maximum absolute atomic E-state index is 5.41. The van der Waals surface area contributed by atoms with E-state index in [0.717, 1.165) is 55.5 Å². The van der Waals surface area contributed by atoms with Crippen molar-refractivity contribution in [3.05, 3.63) is 17.2 Å². The molecule has 0 bridgehead atoms. The molecule has 0 saturated carbocycles. The molecule has 0 atom stereocenters. The predicted octanol–water partition coefficient (Wildman–Crippen LogP) is 0.492. The van der Waals surface area contributed by atoms with E-state index in [0.29, 0.717) is 5.89 Å².